The van der Waals surface area contributed by atoms with E-state index in [0.29, 0.717) is 11.7 Å². The molecule has 0 radical (unpaired) electrons. The highest BCUT2D eigenvalue weighted by Crippen LogP contribution is 2.37. The summed E-state index contributed by atoms with van der Waals surface area (Å²) in [5.41, 5.74) is 4.94. The van der Waals surface area contributed by atoms with Crippen LogP contribution in [-0.4, -0.2) is 17.9 Å². The van der Waals surface area contributed by atoms with Crippen LogP contribution >= 0.6 is 0 Å². The first-order valence-electron chi connectivity index (χ1n) is 6.63. The molecule has 0 saturated heterocycles. The number of hydrogen-bond acceptors (Lipinski definition) is 2. The fraction of sp³-hybridized carbons (Fsp3) is 0.235. The zero-order valence-corrected chi connectivity index (χ0v) is 11.0. The van der Waals surface area contributed by atoms with Gasteiger partial charge in [0.25, 0.3) is 0 Å². The molecule has 2 heteroatoms. The van der Waals surface area contributed by atoms with Crippen molar-refractivity contribution < 1.29 is 5.11 Å². The molecule has 0 spiro atoms. The molecule has 1 aliphatic rings. The highest BCUT2D eigenvalue weighted by molar-refractivity contribution is 6.03. The molecule has 2 nitrogen and oxygen atoms in total. The number of aliphatic imine (C=N–C) groups is 1. The Morgan fingerprint density at radius 1 is 1.11 bits per heavy atom. The highest BCUT2D eigenvalue weighted by Gasteiger charge is 2.24. The average Bonchev–Trinajstić information content (AvgIpc) is 2.46. The lowest BCUT2D eigenvalue weighted by molar-refractivity contribution is 0.474. The van der Waals surface area contributed by atoms with Crippen LogP contribution in [0, 0.1) is 0 Å². The lowest BCUT2D eigenvalue weighted by Gasteiger charge is -2.27. The Labute approximate surface area is 113 Å². The Balaban J connectivity index is 2.10. The van der Waals surface area contributed by atoms with Crippen LogP contribution in [-0.2, 0) is 0 Å². The lowest BCUT2D eigenvalue weighted by atomic mass is 9.78. The second kappa shape index (κ2) is 4.88. The van der Waals surface area contributed by atoms with Gasteiger partial charge in [-0.15, -0.1) is 0 Å². The summed E-state index contributed by atoms with van der Waals surface area (Å²) in [6, 6.07) is 16.1. The van der Waals surface area contributed by atoms with Crippen molar-refractivity contribution in [3.63, 3.8) is 0 Å². The quantitative estimate of drug-likeness (QED) is 0.822. The van der Waals surface area contributed by atoms with Gasteiger partial charge < -0.3 is 5.11 Å². The second-order valence-electron chi connectivity index (χ2n) is 4.94. The van der Waals surface area contributed by atoms with Crippen molar-refractivity contribution >= 4 is 5.71 Å². The minimum Gasteiger partial charge on any atom is -0.508 e. The first-order valence-corrected chi connectivity index (χ1v) is 6.63. The Kier molecular flexibility index (Phi) is 3.08. The van der Waals surface area contributed by atoms with Crippen LogP contribution in [0.5, 0.6) is 5.75 Å². The summed E-state index contributed by atoms with van der Waals surface area (Å²) >= 11 is 0. The number of phenolic OH excluding ortho intramolecular Hbond substituents is 1. The van der Waals surface area contributed by atoms with Gasteiger partial charge in [-0.2, -0.15) is 0 Å². The van der Waals surface area contributed by atoms with Gasteiger partial charge in [0.2, 0.25) is 0 Å². The van der Waals surface area contributed by atoms with Gasteiger partial charge in [-0.1, -0.05) is 36.4 Å². The van der Waals surface area contributed by atoms with Gasteiger partial charge in [0.05, 0.1) is 0 Å². The molecule has 0 saturated carbocycles. The number of benzene rings is 2. The molecule has 3 rings (SSSR count). The molecule has 1 aliphatic carbocycles. The van der Waals surface area contributed by atoms with E-state index in [1.165, 1.54) is 22.4 Å². The predicted octanol–water partition coefficient (Wildman–Crippen LogP) is 3.74. The molecular weight excluding hydrogens is 234 g/mol. The number of aromatic hydroxyl groups is 1. The maximum atomic E-state index is 9.67. The normalized spacial score (nSPS) is 20.3. The topological polar surface area (TPSA) is 32.6 Å². The molecule has 1 N–H and O–H groups in total. The minimum atomic E-state index is 0.338. The molecule has 1 atom stereocenters. The van der Waals surface area contributed by atoms with Crippen LogP contribution in [0.15, 0.2) is 53.5 Å². The molecule has 0 aliphatic heterocycles. The zero-order chi connectivity index (χ0) is 13.2. The number of phenols is 1. The van der Waals surface area contributed by atoms with Crippen molar-refractivity contribution in [3.05, 3.63) is 65.2 Å². The van der Waals surface area contributed by atoms with Gasteiger partial charge in [0.1, 0.15) is 5.75 Å². The van der Waals surface area contributed by atoms with Gasteiger partial charge in [0.15, 0.2) is 0 Å². The summed E-state index contributed by atoms with van der Waals surface area (Å²) < 4.78 is 0. The molecular formula is C17H17NO. The van der Waals surface area contributed by atoms with E-state index >= 15 is 0 Å². The van der Waals surface area contributed by atoms with E-state index in [4.69, 9.17) is 0 Å². The number of rotatable bonds is 1. The van der Waals surface area contributed by atoms with E-state index in [0.717, 1.165) is 12.8 Å². The maximum Gasteiger partial charge on any atom is 0.115 e. The summed E-state index contributed by atoms with van der Waals surface area (Å²) in [5, 5.41) is 9.67. The average molecular weight is 251 g/mol. The van der Waals surface area contributed by atoms with Crippen LogP contribution in [0.4, 0.5) is 0 Å². The Morgan fingerprint density at radius 2 is 1.95 bits per heavy atom. The zero-order valence-electron chi connectivity index (χ0n) is 11.0. The summed E-state index contributed by atoms with van der Waals surface area (Å²) in [6.07, 6.45) is 2.04. The number of hydrogen-bond donors (Lipinski definition) is 1. The maximum absolute atomic E-state index is 9.67. The molecule has 0 aromatic heterocycles. The fourth-order valence-electron chi connectivity index (χ4n) is 2.95. The van der Waals surface area contributed by atoms with Crippen LogP contribution in [0.25, 0.3) is 0 Å². The summed E-state index contributed by atoms with van der Waals surface area (Å²) in [5.74, 6) is 0.693. The van der Waals surface area contributed by atoms with Crippen molar-refractivity contribution in [2.45, 2.75) is 18.8 Å². The molecule has 2 aromatic carbocycles. The number of fused-ring (bicyclic) bond motifs is 1. The molecule has 96 valence electrons. The molecule has 0 heterocycles. The van der Waals surface area contributed by atoms with Crippen molar-refractivity contribution in [3.8, 4) is 5.75 Å². The molecule has 19 heavy (non-hydrogen) atoms. The van der Waals surface area contributed by atoms with Gasteiger partial charge >= 0.3 is 0 Å². The Bertz CT molecular complexity index is 631. The van der Waals surface area contributed by atoms with Crippen molar-refractivity contribution in [1.82, 2.24) is 0 Å². The first-order chi connectivity index (χ1) is 9.29. The summed E-state index contributed by atoms with van der Waals surface area (Å²) in [7, 11) is 1.86. The van der Waals surface area contributed by atoms with Crippen molar-refractivity contribution in [2.75, 3.05) is 7.05 Å². The van der Waals surface area contributed by atoms with Crippen molar-refractivity contribution in [1.29, 1.82) is 0 Å². The minimum absolute atomic E-state index is 0.338. The van der Waals surface area contributed by atoms with E-state index in [2.05, 4.69) is 35.3 Å². The summed E-state index contributed by atoms with van der Waals surface area (Å²) in [6.45, 7) is 0. The van der Waals surface area contributed by atoms with Crippen LogP contribution < -0.4 is 0 Å². The van der Waals surface area contributed by atoms with E-state index in [1.54, 1.807) is 6.07 Å². The molecule has 2 aromatic rings. The lowest BCUT2D eigenvalue weighted by Crippen LogP contribution is -2.17. The second-order valence-corrected chi connectivity index (χ2v) is 4.94. The summed E-state index contributed by atoms with van der Waals surface area (Å²) in [4.78, 5) is 4.40. The molecule has 1 unspecified atom stereocenters. The standard InChI is InChI=1S/C17H17NO/c1-18-17-10-9-14(12-5-4-6-13(19)11-12)15-7-2-3-8-16(15)17/h2-8,11,14,19H,9-10H2,1H3. The van der Waals surface area contributed by atoms with Gasteiger partial charge in [-0.25, -0.2) is 0 Å². The van der Waals surface area contributed by atoms with Gasteiger partial charge in [-0.3, -0.25) is 4.99 Å². The van der Waals surface area contributed by atoms with Crippen LogP contribution in [0.1, 0.15) is 35.4 Å². The van der Waals surface area contributed by atoms with E-state index in [9.17, 15) is 5.11 Å². The monoisotopic (exact) mass is 251 g/mol. The van der Waals surface area contributed by atoms with E-state index < -0.39 is 0 Å². The molecule has 0 fully saturated rings. The first kappa shape index (κ1) is 12.0. The van der Waals surface area contributed by atoms with Crippen LogP contribution in [0.3, 0.4) is 0 Å². The van der Waals surface area contributed by atoms with E-state index in [-0.39, 0.29) is 0 Å². The SMILES string of the molecule is CN=C1CCC(c2cccc(O)c2)c2ccccc21. The van der Waals surface area contributed by atoms with Crippen LogP contribution in [0.2, 0.25) is 0 Å². The largest absolute Gasteiger partial charge is 0.508 e. The smallest absolute Gasteiger partial charge is 0.115 e. The third-order valence-corrected chi connectivity index (χ3v) is 3.86. The number of nitrogens with zero attached hydrogens (tertiary/aromatic N) is 1. The third kappa shape index (κ3) is 2.14. The van der Waals surface area contributed by atoms with Gasteiger partial charge in [0, 0.05) is 18.7 Å². The molecule has 0 bridgehead atoms. The van der Waals surface area contributed by atoms with Gasteiger partial charge in [-0.05, 0) is 41.7 Å². The molecule has 0 amide bonds. The van der Waals surface area contributed by atoms with E-state index in [1.807, 2.05) is 19.2 Å². The Morgan fingerprint density at radius 3 is 2.74 bits per heavy atom. The third-order valence-electron chi connectivity index (χ3n) is 3.86. The highest BCUT2D eigenvalue weighted by atomic mass is 16.3. The van der Waals surface area contributed by atoms with Crippen molar-refractivity contribution in [2.24, 2.45) is 4.99 Å². The Hall–Kier alpha value is -2.09. The fourth-order valence-corrected chi connectivity index (χ4v) is 2.95. The predicted molar refractivity (Wildman–Crippen MR) is 78.1 cm³/mol.